The maximum absolute atomic E-state index is 10.7. The maximum Gasteiger partial charge on any atom is 0.486 e. The Morgan fingerprint density at radius 2 is 2.40 bits per heavy atom. The standard InChI is InChI=1S/C6H5N2OS/c9-6(8-10)5-3-1-2-4-7-5/h1-4,10H/q+1. The third-order valence-electron chi connectivity index (χ3n) is 0.975. The molecule has 0 unspecified atom stereocenters. The van der Waals surface area contributed by atoms with Gasteiger partial charge in [0.2, 0.25) is 4.72 Å². The molecule has 0 aliphatic heterocycles. The largest absolute Gasteiger partial charge is 0.486 e. The van der Waals surface area contributed by atoms with Crippen molar-refractivity contribution in [2.75, 3.05) is 0 Å². The number of carbonyl (C=O) groups is 1. The minimum atomic E-state index is -0.413. The molecule has 0 N–H and O–H groups in total. The Bertz CT molecular complexity index is 224. The lowest BCUT2D eigenvalue weighted by Gasteiger charge is -1.82. The van der Waals surface area contributed by atoms with Crippen molar-refractivity contribution in [3.8, 4) is 0 Å². The second-order valence-electron chi connectivity index (χ2n) is 1.62. The van der Waals surface area contributed by atoms with Gasteiger partial charge in [-0.15, -0.1) is 0 Å². The van der Waals surface area contributed by atoms with Crippen molar-refractivity contribution in [1.82, 2.24) is 9.71 Å². The fraction of sp³-hybridized carbons (Fsp3) is 0. The summed E-state index contributed by atoms with van der Waals surface area (Å²) in [6, 6.07) is 5.04. The minimum absolute atomic E-state index is 0.317. The van der Waals surface area contributed by atoms with Gasteiger partial charge in [0.1, 0.15) is 0 Å². The monoisotopic (exact) mass is 153 g/mol. The van der Waals surface area contributed by atoms with Crippen molar-refractivity contribution in [2.24, 2.45) is 0 Å². The van der Waals surface area contributed by atoms with E-state index in [9.17, 15) is 4.79 Å². The topological polar surface area (TPSA) is 44.1 Å². The maximum atomic E-state index is 10.7. The van der Waals surface area contributed by atoms with E-state index >= 15 is 0 Å². The van der Waals surface area contributed by atoms with Crippen molar-refractivity contribution in [2.45, 2.75) is 0 Å². The number of thiol groups is 1. The van der Waals surface area contributed by atoms with Gasteiger partial charge in [-0.05, 0) is 12.1 Å². The number of hydrogen-bond donors (Lipinski definition) is 1. The lowest BCUT2D eigenvalue weighted by atomic mass is 10.3. The van der Waals surface area contributed by atoms with Crippen LogP contribution in [0.2, 0.25) is 0 Å². The van der Waals surface area contributed by atoms with Gasteiger partial charge in [0.05, 0.1) is 0 Å². The van der Waals surface area contributed by atoms with Crippen LogP contribution in [0.5, 0.6) is 0 Å². The second kappa shape index (κ2) is 3.34. The van der Waals surface area contributed by atoms with Crippen LogP contribution in [0.4, 0.5) is 0 Å². The average molecular weight is 153 g/mol. The summed E-state index contributed by atoms with van der Waals surface area (Å²) in [6.07, 6.45) is 1.53. The summed E-state index contributed by atoms with van der Waals surface area (Å²) in [5.74, 6) is -0.413. The van der Waals surface area contributed by atoms with E-state index in [4.69, 9.17) is 0 Å². The molecular weight excluding hydrogens is 148 g/mol. The number of aromatic nitrogens is 1. The first-order chi connectivity index (χ1) is 4.84. The number of amides is 1. The summed E-state index contributed by atoms with van der Waals surface area (Å²) in [6.45, 7) is 0. The quantitative estimate of drug-likeness (QED) is 0.603. The molecule has 1 aromatic rings. The summed E-state index contributed by atoms with van der Waals surface area (Å²) < 4.78 is 3.15. The summed E-state index contributed by atoms with van der Waals surface area (Å²) >= 11 is 3.46. The molecule has 2 radical (unpaired) electrons. The summed E-state index contributed by atoms with van der Waals surface area (Å²) in [5, 5.41) is 0. The molecule has 0 saturated heterocycles. The molecule has 0 aliphatic carbocycles. The Labute approximate surface area is 64.0 Å². The molecule has 1 amide bonds. The van der Waals surface area contributed by atoms with Crippen LogP contribution in [0, 0.1) is 0 Å². The number of nitrogens with zero attached hydrogens (tertiary/aromatic N) is 2. The third kappa shape index (κ3) is 1.55. The van der Waals surface area contributed by atoms with Crippen LogP contribution in [0.25, 0.3) is 0 Å². The number of carbonyl (C=O) groups excluding carboxylic acids is 1. The van der Waals surface area contributed by atoms with Gasteiger partial charge in [-0.3, -0.25) is 0 Å². The summed E-state index contributed by atoms with van der Waals surface area (Å²) in [4.78, 5) is 14.5. The second-order valence-corrected chi connectivity index (χ2v) is 1.82. The molecule has 1 heterocycles. The van der Waals surface area contributed by atoms with Crippen molar-refractivity contribution < 1.29 is 4.79 Å². The lowest BCUT2D eigenvalue weighted by molar-refractivity contribution is 0.0977. The van der Waals surface area contributed by atoms with Crippen molar-refractivity contribution >= 4 is 18.7 Å². The Hall–Kier alpha value is -0.870. The van der Waals surface area contributed by atoms with Crippen LogP contribution in [0.1, 0.15) is 10.5 Å². The van der Waals surface area contributed by atoms with Crippen LogP contribution < -0.4 is 4.72 Å². The van der Waals surface area contributed by atoms with Crippen LogP contribution >= 0.6 is 12.8 Å². The van der Waals surface area contributed by atoms with Crippen LogP contribution in [0.3, 0.4) is 0 Å². The summed E-state index contributed by atoms with van der Waals surface area (Å²) in [5.41, 5.74) is 0.317. The van der Waals surface area contributed by atoms with Gasteiger partial charge in [0, 0.05) is 6.20 Å². The molecule has 0 spiro atoms. The van der Waals surface area contributed by atoms with Gasteiger partial charge in [-0.2, -0.15) is 0 Å². The Balaban J connectivity index is 2.85. The highest BCUT2D eigenvalue weighted by Gasteiger charge is 2.18. The predicted molar refractivity (Wildman–Crippen MR) is 39.7 cm³/mol. The zero-order chi connectivity index (χ0) is 7.40. The van der Waals surface area contributed by atoms with Crippen LogP contribution in [0.15, 0.2) is 24.4 Å². The molecule has 10 heavy (non-hydrogen) atoms. The van der Waals surface area contributed by atoms with Crippen molar-refractivity contribution in [3.63, 3.8) is 0 Å². The van der Waals surface area contributed by atoms with E-state index in [1.54, 1.807) is 18.2 Å². The van der Waals surface area contributed by atoms with E-state index in [1.165, 1.54) is 6.20 Å². The molecule has 0 saturated carbocycles. The fourth-order valence-electron chi connectivity index (χ4n) is 0.540. The Morgan fingerprint density at radius 3 is 2.90 bits per heavy atom. The first-order valence-electron chi connectivity index (χ1n) is 2.65. The van der Waals surface area contributed by atoms with Crippen LogP contribution in [-0.4, -0.2) is 10.9 Å². The zero-order valence-electron chi connectivity index (χ0n) is 5.06. The first kappa shape index (κ1) is 7.24. The lowest BCUT2D eigenvalue weighted by Crippen LogP contribution is -2.07. The predicted octanol–water partition coefficient (Wildman–Crippen LogP) is 0.671. The van der Waals surface area contributed by atoms with Crippen molar-refractivity contribution in [3.05, 3.63) is 30.1 Å². The smallest absolute Gasteiger partial charge is 0.247 e. The molecule has 4 heteroatoms. The highest BCUT2D eigenvalue weighted by molar-refractivity contribution is 7.78. The Morgan fingerprint density at radius 1 is 1.60 bits per heavy atom. The number of hydrogen-bond acceptors (Lipinski definition) is 3. The van der Waals surface area contributed by atoms with E-state index in [1.807, 2.05) is 0 Å². The van der Waals surface area contributed by atoms with Crippen LogP contribution in [-0.2, 0) is 0 Å². The van der Waals surface area contributed by atoms with E-state index in [-0.39, 0.29) is 0 Å². The Kier molecular flexibility index (Phi) is 2.42. The number of rotatable bonds is 1. The zero-order valence-corrected chi connectivity index (χ0v) is 5.95. The SMILES string of the molecule is O=C([N+]S)c1ccccn1. The highest BCUT2D eigenvalue weighted by atomic mass is 32.1. The highest BCUT2D eigenvalue weighted by Crippen LogP contribution is 1.93. The molecule has 0 aliphatic rings. The molecule has 0 aromatic carbocycles. The van der Waals surface area contributed by atoms with Gasteiger partial charge in [0.15, 0.2) is 18.5 Å². The van der Waals surface area contributed by atoms with Gasteiger partial charge >= 0.3 is 5.91 Å². The average Bonchev–Trinajstić information content (AvgIpc) is 2.05. The molecule has 3 nitrogen and oxygen atoms in total. The molecular formula is C6H5N2OS+. The van der Waals surface area contributed by atoms with E-state index in [2.05, 4.69) is 22.5 Å². The van der Waals surface area contributed by atoms with Crippen molar-refractivity contribution in [1.29, 1.82) is 0 Å². The normalized spacial score (nSPS) is 9.30. The van der Waals surface area contributed by atoms with E-state index < -0.39 is 5.91 Å². The minimum Gasteiger partial charge on any atom is -0.247 e. The molecule has 0 bridgehead atoms. The van der Waals surface area contributed by atoms with Gasteiger partial charge in [0.25, 0.3) is 0 Å². The third-order valence-corrected chi connectivity index (χ3v) is 1.16. The molecule has 0 atom stereocenters. The first-order valence-corrected chi connectivity index (χ1v) is 3.05. The van der Waals surface area contributed by atoms with Gasteiger partial charge < -0.3 is 0 Å². The number of pyridine rings is 1. The molecule has 50 valence electrons. The van der Waals surface area contributed by atoms with E-state index in [0.29, 0.717) is 5.69 Å². The van der Waals surface area contributed by atoms with Gasteiger partial charge in [-0.1, -0.05) is 6.07 Å². The van der Waals surface area contributed by atoms with E-state index in [0.717, 1.165) is 0 Å². The molecule has 1 rings (SSSR count). The molecule has 0 fully saturated rings. The summed E-state index contributed by atoms with van der Waals surface area (Å²) in [7, 11) is 0. The fourth-order valence-corrected chi connectivity index (χ4v) is 0.643. The molecule has 1 aromatic heterocycles. The van der Waals surface area contributed by atoms with Gasteiger partial charge in [-0.25, -0.2) is 9.78 Å².